The Bertz CT molecular complexity index is 2160. The lowest BCUT2D eigenvalue weighted by molar-refractivity contribution is 0.0780. The van der Waals surface area contributed by atoms with E-state index in [1.54, 1.807) is 24.3 Å². The van der Waals surface area contributed by atoms with Crippen LogP contribution in [0.2, 0.25) is 0 Å². The molecular formula is C44H37N5. The summed E-state index contributed by atoms with van der Waals surface area (Å²) in [5.74, 6) is 4.04. The Morgan fingerprint density at radius 2 is 1.00 bits per heavy atom. The van der Waals surface area contributed by atoms with Crippen LogP contribution < -0.4 is 0 Å². The van der Waals surface area contributed by atoms with Crippen molar-refractivity contribution in [2.24, 2.45) is 17.8 Å². The molecule has 5 aromatic carbocycles. The molecular weight excluding hydrogens is 599 g/mol. The van der Waals surface area contributed by atoms with Gasteiger partial charge in [0.15, 0.2) is 17.5 Å². The minimum atomic E-state index is 0.308. The largest absolute Gasteiger partial charge is 0.208 e. The molecule has 5 nitrogen and oxygen atoms in total. The number of nitriles is 2. The van der Waals surface area contributed by atoms with Crippen molar-refractivity contribution in [3.63, 3.8) is 0 Å². The van der Waals surface area contributed by atoms with Crippen molar-refractivity contribution < 1.29 is 0 Å². The summed E-state index contributed by atoms with van der Waals surface area (Å²) in [7, 11) is 0. The highest BCUT2D eigenvalue weighted by molar-refractivity contribution is 6.03. The molecule has 2 bridgehead atoms. The second-order valence-corrected chi connectivity index (χ2v) is 14.4. The molecule has 2 aliphatic carbocycles. The maximum atomic E-state index is 9.35. The first-order valence-electron chi connectivity index (χ1n) is 17.3. The maximum absolute atomic E-state index is 9.35. The molecule has 1 heterocycles. The van der Waals surface area contributed by atoms with Gasteiger partial charge in [-0.3, -0.25) is 0 Å². The van der Waals surface area contributed by atoms with E-state index in [0.717, 1.165) is 45.2 Å². The van der Waals surface area contributed by atoms with Gasteiger partial charge in [-0.25, -0.2) is 15.0 Å². The number of nitrogens with zero attached hydrogens (tertiary/aromatic N) is 5. The van der Waals surface area contributed by atoms with Gasteiger partial charge in [0.2, 0.25) is 0 Å². The van der Waals surface area contributed by atoms with Gasteiger partial charge in [-0.15, -0.1) is 0 Å². The van der Waals surface area contributed by atoms with E-state index >= 15 is 0 Å². The summed E-state index contributed by atoms with van der Waals surface area (Å²) in [5, 5.41) is 20.9. The van der Waals surface area contributed by atoms with Gasteiger partial charge in [-0.2, -0.15) is 10.5 Å². The molecule has 1 aromatic heterocycles. The zero-order valence-corrected chi connectivity index (χ0v) is 27.9. The van der Waals surface area contributed by atoms with E-state index in [1.165, 1.54) is 48.8 Å². The van der Waals surface area contributed by atoms with Crippen molar-refractivity contribution in [2.75, 3.05) is 0 Å². The normalized spacial score (nSPS) is 21.5. The highest BCUT2D eigenvalue weighted by Crippen LogP contribution is 2.54. The third-order valence-electron chi connectivity index (χ3n) is 10.8. The fourth-order valence-corrected chi connectivity index (χ4v) is 8.96. The second kappa shape index (κ2) is 12.4. The van der Waals surface area contributed by atoms with E-state index < -0.39 is 0 Å². The van der Waals surface area contributed by atoms with Crippen LogP contribution in [0, 0.1) is 40.4 Å². The molecule has 0 amide bonds. The highest BCUT2D eigenvalue weighted by Gasteiger charge is 2.45. The van der Waals surface area contributed by atoms with E-state index in [1.807, 2.05) is 24.3 Å². The lowest BCUT2D eigenvalue weighted by Crippen LogP contribution is -2.42. The molecule has 49 heavy (non-hydrogen) atoms. The van der Waals surface area contributed by atoms with Crippen LogP contribution in [0.3, 0.4) is 0 Å². The van der Waals surface area contributed by atoms with E-state index in [9.17, 15) is 10.5 Å². The second-order valence-electron chi connectivity index (χ2n) is 14.4. The number of fused-ring (bicyclic) bond motifs is 3. The maximum Gasteiger partial charge on any atom is 0.164 e. The smallest absolute Gasteiger partial charge is 0.164 e. The zero-order valence-electron chi connectivity index (χ0n) is 27.9. The first kappa shape index (κ1) is 30.7. The molecule has 0 saturated heterocycles. The summed E-state index contributed by atoms with van der Waals surface area (Å²) in [4.78, 5) is 14.8. The fourth-order valence-electron chi connectivity index (χ4n) is 8.96. The molecule has 0 aliphatic heterocycles. The lowest BCUT2D eigenvalue weighted by atomic mass is 9.54. The van der Waals surface area contributed by atoms with Gasteiger partial charge in [0.25, 0.3) is 0 Å². The summed E-state index contributed by atoms with van der Waals surface area (Å²) in [6.07, 6.45) is 6.69. The third-order valence-corrected chi connectivity index (χ3v) is 10.8. The average molecular weight is 636 g/mol. The van der Waals surface area contributed by atoms with E-state index in [0.29, 0.717) is 34.0 Å². The van der Waals surface area contributed by atoms with Crippen LogP contribution in [0.4, 0.5) is 0 Å². The summed E-state index contributed by atoms with van der Waals surface area (Å²) < 4.78 is 0. The molecule has 4 atom stereocenters. The van der Waals surface area contributed by atoms with Crippen LogP contribution in [0.5, 0.6) is 0 Å². The molecule has 0 spiro atoms. The molecule has 0 N–H and O–H groups in total. The number of aromatic nitrogens is 3. The van der Waals surface area contributed by atoms with Gasteiger partial charge >= 0.3 is 0 Å². The molecule has 6 aromatic rings. The van der Waals surface area contributed by atoms with Crippen molar-refractivity contribution in [2.45, 2.75) is 51.4 Å². The predicted octanol–water partition coefficient (Wildman–Crippen LogP) is 10.5. The topological polar surface area (TPSA) is 86.2 Å². The van der Waals surface area contributed by atoms with Gasteiger partial charge < -0.3 is 0 Å². The van der Waals surface area contributed by atoms with Gasteiger partial charge in [0.05, 0.1) is 23.3 Å². The van der Waals surface area contributed by atoms with Crippen LogP contribution in [0.15, 0.2) is 109 Å². The Morgan fingerprint density at radius 1 is 0.531 bits per heavy atom. The third kappa shape index (κ3) is 5.77. The van der Waals surface area contributed by atoms with Gasteiger partial charge in [-0.05, 0) is 131 Å². The minimum Gasteiger partial charge on any atom is -0.208 e. The monoisotopic (exact) mass is 635 g/mol. The van der Waals surface area contributed by atoms with Gasteiger partial charge in [0.1, 0.15) is 0 Å². The molecule has 238 valence electrons. The molecule has 0 radical (unpaired) electrons. The Kier molecular flexibility index (Phi) is 7.77. The van der Waals surface area contributed by atoms with Crippen LogP contribution in [0.1, 0.15) is 62.6 Å². The quantitative estimate of drug-likeness (QED) is 0.188. The number of benzene rings is 5. The van der Waals surface area contributed by atoms with E-state index in [4.69, 9.17) is 15.0 Å². The average Bonchev–Trinajstić information content (AvgIpc) is 3.13. The van der Waals surface area contributed by atoms with Crippen molar-refractivity contribution in [1.82, 2.24) is 15.0 Å². The summed E-state index contributed by atoms with van der Waals surface area (Å²) >= 11 is 0. The Labute approximate surface area is 288 Å². The van der Waals surface area contributed by atoms with Crippen LogP contribution in [-0.4, -0.2) is 15.0 Å². The molecule has 1 unspecified atom stereocenters. The predicted molar refractivity (Wildman–Crippen MR) is 195 cm³/mol. The Balaban J connectivity index is 1.21. The fraction of sp³-hybridized carbons (Fsp3) is 0.250. The number of hydrogen-bond acceptors (Lipinski definition) is 5. The summed E-state index contributed by atoms with van der Waals surface area (Å²) in [6.45, 7) is 4.90. The number of rotatable bonds is 5. The molecule has 5 heteroatoms. The summed E-state index contributed by atoms with van der Waals surface area (Å²) in [5.41, 5.74) is 7.87. The zero-order chi connectivity index (χ0) is 33.5. The first-order chi connectivity index (χ1) is 23.9. The first-order valence-corrected chi connectivity index (χ1v) is 17.3. The van der Waals surface area contributed by atoms with Crippen LogP contribution in [0.25, 0.3) is 56.1 Å². The minimum absolute atomic E-state index is 0.308. The van der Waals surface area contributed by atoms with Crippen molar-refractivity contribution in [3.8, 4) is 57.4 Å². The van der Waals surface area contributed by atoms with Gasteiger partial charge in [-0.1, -0.05) is 74.5 Å². The number of hydrogen-bond donors (Lipinski definition) is 0. The van der Waals surface area contributed by atoms with E-state index in [2.05, 4.69) is 86.6 Å². The van der Waals surface area contributed by atoms with Gasteiger partial charge in [0, 0.05) is 16.7 Å². The summed E-state index contributed by atoms with van der Waals surface area (Å²) in [6, 6.07) is 41.2. The van der Waals surface area contributed by atoms with Crippen molar-refractivity contribution in [1.29, 1.82) is 10.5 Å². The Morgan fingerprint density at radius 3 is 1.53 bits per heavy atom. The van der Waals surface area contributed by atoms with E-state index in [-0.39, 0.29) is 0 Å². The molecule has 2 saturated carbocycles. The highest BCUT2D eigenvalue weighted by atomic mass is 15.0. The van der Waals surface area contributed by atoms with Crippen molar-refractivity contribution >= 4 is 10.8 Å². The lowest BCUT2D eigenvalue weighted by Gasteiger charge is -2.50. The van der Waals surface area contributed by atoms with Crippen molar-refractivity contribution in [3.05, 3.63) is 126 Å². The Hall–Kier alpha value is -5.65. The molecule has 2 aliphatic rings. The molecule has 8 rings (SSSR count). The van der Waals surface area contributed by atoms with Crippen LogP contribution in [-0.2, 0) is 5.41 Å². The standard InChI is InChI=1S/C44H37N5/c1-28-21-32-22-29(2)24-44(23-28,25-32)36-19-17-33(18-20-36)37-5-3-7-39-38(37)6-4-8-40(39)43-48-41(34-13-9-30(26-45)10-14-34)47-42(49-43)35-15-11-31(27-46)12-16-35/h3-20,28-29,32H,21-25H2,1-2H3/t28-,29+,32-,44?. The van der Waals surface area contributed by atoms with Crippen LogP contribution >= 0.6 is 0 Å². The SMILES string of the molecule is C[C@@H]1C[C@@H]2C[C@H](C)CC(c3ccc(-c4cccc5c(-c6nc(-c7ccc(C#N)cc7)nc(-c7ccc(C#N)cc7)n6)cccc45)cc3)(C1)C2. The molecule has 2 fully saturated rings.